The van der Waals surface area contributed by atoms with E-state index in [2.05, 4.69) is 4.98 Å². The van der Waals surface area contributed by atoms with Gasteiger partial charge in [-0.1, -0.05) is 0 Å². The fourth-order valence-corrected chi connectivity index (χ4v) is 5.24. The molecule has 1 saturated heterocycles. The molecule has 1 aliphatic heterocycles. The highest BCUT2D eigenvalue weighted by Crippen LogP contribution is 2.40. The van der Waals surface area contributed by atoms with Crippen molar-refractivity contribution < 1.29 is 35.9 Å². The van der Waals surface area contributed by atoms with Crippen LogP contribution in [0.3, 0.4) is 0 Å². The smallest absolute Gasteiger partial charge is 0.348 e. The lowest BCUT2D eigenvalue weighted by Gasteiger charge is -2.40. The van der Waals surface area contributed by atoms with Gasteiger partial charge in [0.15, 0.2) is 9.84 Å². The van der Waals surface area contributed by atoms with Gasteiger partial charge in [-0.25, -0.2) is 26.4 Å². The molecule has 0 aliphatic carbocycles. The second-order valence-electron chi connectivity index (χ2n) is 8.18. The quantitative estimate of drug-likeness (QED) is 0.420. The zero-order valence-corrected chi connectivity index (χ0v) is 20.6. The lowest BCUT2D eigenvalue weighted by atomic mass is 10.1. The number of aromatic nitrogens is 1. The van der Waals surface area contributed by atoms with Crippen LogP contribution < -0.4 is 9.64 Å². The average molecular weight is 527 g/mol. The highest BCUT2D eigenvalue weighted by Gasteiger charge is 2.44. The van der Waals surface area contributed by atoms with Gasteiger partial charge in [0.05, 0.1) is 37.0 Å². The number of hydrogen-bond donors (Lipinski definition) is 0. The molecule has 35 heavy (non-hydrogen) atoms. The van der Waals surface area contributed by atoms with Crippen molar-refractivity contribution in [3.8, 4) is 17.0 Å². The molecule has 4 rings (SSSR count). The fraction of sp³-hybridized carbons (Fsp3) is 0.304. The minimum absolute atomic E-state index is 0.192. The number of thiophene rings is 1. The second kappa shape index (κ2) is 9.15. The van der Waals surface area contributed by atoms with Crippen LogP contribution in [0.2, 0.25) is 0 Å². The van der Waals surface area contributed by atoms with Crippen LogP contribution in [0, 0.1) is 12.7 Å². The van der Waals surface area contributed by atoms with Crippen molar-refractivity contribution in [3.05, 3.63) is 57.7 Å². The van der Waals surface area contributed by atoms with E-state index in [0.29, 0.717) is 21.8 Å². The van der Waals surface area contributed by atoms with Crippen molar-refractivity contribution in [1.29, 1.82) is 0 Å². The van der Waals surface area contributed by atoms with Gasteiger partial charge in [0.25, 0.3) is 5.92 Å². The second-order valence-corrected chi connectivity index (χ2v) is 11.5. The molecule has 0 atom stereocenters. The number of benzene rings is 1. The van der Waals surface area contributed by atoms with Crippen LogP contribution in [-0.2, 0) is 21.2 Å². The molecule has 7 nitrogen and oxygen atoms in total. The first-order valence-electron chi connectivity index (χ1n) is 10.3. The maximum absolute atomic E-state index is 14.0. The Bertz CT molecular complexity index is 1400. The molecule has 0 bridgehead atoms. The van der Waals surface area contributed by atoms with Crippen LogP contribution in [-0.4, -0.2) is 51.7 Å². The maximum Gasteiger partial charge on any atom is 0.348 e. The van der Waals surface area contributed by atoms with Crippen LogP contribution in [0.4, 0.5) is 18.9 Å². The van der Waals surface area contributed by atoms with Gasteiger partial charge in [-0.05, 0) is 36.8 Å². The van der Waals surface area contributed by atoms with Crippen molar-refractivity contribution in [2.24, 2.45) is 0 Å². The van der Waals surface area contributed by atoms with Crippen molar-refractivity contribution in [2.45, 2.75) is 24.3 Å². The number of methoxy groups -OCH3 is 1. The average Bonchev–Trinajstić information content (AvgIpc) is 3.15. The van der Waals surface area contributed by atoms with Crippen molar-refractivity contribution >= 4 is 32.8 Å². The van der Waals surface area contributed by atoms with Gasteiger partial charge < -0.3 is 14.4 Å². The Morgan fingerprint density at radius 3 is 2.54 bits per heavy atom. The first-order valence-corrected chi connectivity index (χ1v) is 13.0. The van der Waals surface area contributed by atoms with Crippen LogP contribution in [0.5, 0.6) is 5.75 Å². The lowest BCUT2D eigenvalue weighted by Crippen LogP contribution is -2.56. The first kappa shape index (κ1) is 25.0. The summed E-state index contributed by atoms with van der Waals surface area (Å²) in [7, 11) is -2.38. The van der Waals surface area contributed by atoms with Gasteiger partial charge in [-0.15, -0.1) is 11.3 Å². The molecule has 1 fully saturated rings. The number of sulfone groups is 1. The van der Waals surface area contributed by atoms with Crippen LogP contribution in [0.25, 0.3) is 11.3 Å². The number of esters is 1. The normalized spacial score (nSPS) is 15.0. The Morgan fingerprint density at radius 1 is 1.20 bits per heavy atom. The van der Waals surface area contributed by atoms with Crippen LogP contribution >= 0.6 is 11.3 Å². The molecular weight excluding hydrogens is 505 g/mol. The topological polar surface area (TPSA) is 85.8 Å². The minimum Gasteiger partial charge on any atom is -0.487 e. The Hall–Kier alpha value is -3.12. The fourth-order valence-electron chi connectivity index (χ4n) is 3.61. The lowest BCUT2D eigenvalue weighted by molar-refractivity contribution is -0.0263. The van der Waals surface area contributed by atoms with E-state index in [0.717, 1.165) is 23.3 Å². The van der Waals surface area contributed by atoms with E-state index in [-0.39, 0.29) is 22.8 Å². The Balaban J connectivity index is 1.71. The monoisotopic (exact) mass is 526 g/mol. The van der Waals surface area contributed by atoms with Gasteiger partial charge in [-0.2, -0.15) is 0 Å². The summed E-state index contributed by atoms with van der Waals surface area (Å²) in [5.74, 6) is -3.83. The number of rotatable bonds is 7. The summed E-state index contributed by atoms with van der Waals surface area (Å²) in [6.07, 6.45) is 2.41. The number of pyridine rings is 1. The molecule has 0 saturated carbocycles. The van der Waals surface area contributed by atoms with E-state index in [4.69, 9.17) is 9.47 Å². The predicted molar refractivity (Wildman–Crippen MR) is 125 cm³/mol. The Kier molecular flexibility index (Phi) is 6.54. The molecule has 0 unspecified atom stereocenters. The summed E-state index contributed by atoms with van der Waals surface area (Å²) in [4.78, 5) is 18.7. The zero-order valence-electron chi connectivity index (χ0n) is 19.0. The number of nitrogens with zero attached hydrogens (tertiary/aromatic N) is 2. The predicted octanol–water partition coefficient (Wildman–Crippen LogP) is 4.48. The first-order chi connectivity index (χ1) is 16.4. The minimum atomic E-state index is -3.65. The van der Waals surface area contributed by atoms with Gasteiger partial charge in [-0.3, -0.25) is 4.98 Å². The number of halogens is 3. The highest BCUT2D eigenvalue weighted by atomic mass is 32.2. The summed E-state index contributed by atoms with van der Waals surface area (Å²) >= 11 is 1.20. The molecule has 1 aromatic carbocycles. The number of carbonyl (C=O) groups is 1. The molecule has 0 radical (unpaired) electrons. The van der Waals surface area contributed by atoms with E-state index < -0.39 is 40.6 Å². The zero-order chi connectivity index (χ0) is 25.5. The molecule has 3 heterocycles. The number of aryl methyl sites for hydroxylation is 1. The third kappa shape index (κ3) is 5.43. The van der Waals surface area contributed by atoms with Crippen molar-refractivity contribution in [1.82, 2.24) is 4.98 Å². The number of anilines is 1. The van der Waals surface area contributed by atoms with E-state index in [9.17, 15) is 26.4 Å². The van der Waals surface area contributed by atoms with Crippen molar-refractivity contribution in [3.63, 3.8) is 0 Å². The molecule has 0 amide bonds. The van der Waals surface area contributed by atoms with Crippen molar-refractivity contribution in [2.75, 3.05) is 31.4 Å². The molecule has 186 valence electrons. The van der Waals surface area contributed by atoms with Gasteiger partial charge in [0.1, 0.15) is 28.7 Å². The summed E-state index contributed by atoms with van der Waals surface area (Å²) in [5, 5.41) is 0. The number of carbonyl (C=O) groups excluding carboxylic acids is 1. The van der Waals surface area contributed by atoms with E-state index in [1.54, 1.807) is 19.1 Å². The molecule has 2 aromatic heterocycles. The number of alkyl halides is 2. The molecule has 0 N–H and O–H groups in total. The molecule has 3 aromatic rings. The van der Waals surface area contributed by atoms with Gasteiger partial charge >= 0.3 is 5.97 Å². The van der Waals surface area contributed by atoms with Crippen LogP contribution in [0.1, 0.15) is 20.1 Å². The van der Waals surface area contributed by atoms with Gasteiger partial charge in [0.2, 0.25) is 0 Å². The Labute approximate surface area is 204 Å². The molecule has 1 aliphatic rings. The largest absolute Gasteiger partial charge is 0.487 e. The number of ether oxygens (including phenoxy) is 2. The number of hydrogen-bond acceptors (Lipinski definition) is 8. The summed E-state index contributed by atoms with van der Waals surface area (Å²) in [6.45, 7) is 0.659. The third-order valence-electron chi connectivity index (χ3n) is 5.36. The maximum atomic E-state index is 14.0. The van der Waals surface area contributed by atoms with Crippen LogP contribution in [0.15, 0.2) is 41.4 Å². The molecular formula is C23H21F3N2O5S2. The Morgan fingerprint density at radius 2 is 1.91 bits per heavy atom. The molecule has 12 heteroatoms. The van der Waals surface area contributed by atoms with Gasteiger partial charge in [0, 0.05) is 22.8 Å². The summed E-state index contributed by atoms with van der Waals surface area (Å²) in [5.41, 5.74) is 1.60. The van der Waals surface area contributed by atoms with E-state index in [1.165, 1.54) is 35.6 Å². The summed E-state index contributed by atoms with van der Waals surface area (Å²) < 4.78 is 75.3. The van der Waals surface area contributed by atoms with E-state index in [1.807, 2.05) is 0 Å². The SMILES string of the molecule is COC(=O)c1cc(-c2ncc(N3CC(F)(F)C3)cc2OCc2cc(F)cc(S(C)(=O)=O)c2)c(C)s1. The van der Waals surface area contributed by atoms with E-state index >= 15 is 0 Å². The summed E-state index contributed by atoms with van der Waals surface area (Å²) in [6, 6.07) is 6.51. The molecule has 0 spiro atoms. The standard InChI is InChI=1S/C23H21F3N2O5S2/c1-13-18(8-20(34-13)22(29)32-2)21-19(7-16(9-27-21)28-11-23(25,26)12-28)33-10-14-4-15(24)6-17(5-14)35(3,30)31/h4-9H,10-12H2,1-3H3. The third-order valence-corrected chi connectivity index (χ3v) is 7.48. The highest BCUT2D eigenvalue weighted by molar-refractivity contribution is 7.90.